The topological polar surface area (TPSA) is 101 Å². The van der Waals surface area contributed by atoms with Gasteiger partial charge >= 0.3 is 0 Å². The van der Waals surface area contributed by atoms with Gasteiger partial charge in [0.25, 0.3) is 0 Å². The van der Waals surface area contributed by atoms with Gasteiger partial charge in [0.1, 0.15) is 0 Å². The molecular formula is C41H32ClNO6. The second-order valence-corrected chi connectivity index (χ2v) is 13.6. The number of anilines is 1. The number of hydrogen-bond donors (Lipinski definition) is 1. The predicted octanol–water partition coefficient (Wildman–Crippen LogP) is 7.08. The monoisotopic (exact) mass is 669 g/mol. The maximum atomic E-state index is 15.1. The van der Waals surface area contributed by atoms with Crippen LogP contribution in [0.4, 0.5) is 5.69 Å². The average Bonchev–Trinajstić information content (AvgIpc) is 3.40. The molecule has 6 atom stereocenters. The van der Waals surface area contributed by atoms with E-state index in [1.165, 1.54) is 18.1 Å². The molecule has 2 amide bonds. The third kappa shape index (κ3) is 4.48. The number of Topliss-reactive ketones (excluding diaryl/α,β-unsaturated/α-hetero) is 1. The van der Waals surface area contributed by atoms with Gasteiger partial charge in [-0.1, -0.05) is 102 Å². The molecule has 7 nitrogen and oxygen atoms in total. The van der Waals surface area contributed by atoms with Gasteiger partial charge in [-0.15, -0.1) is 0 Å². The Kier molecular flexibility index (Phi) is 7.41. The summed E-state index contributed by atoms with van der Waals surface area (Å²) >= 11 is 6.63. The Labute approximate surface area is 288 Å². The molecule has 4 aliphatic rings. The van der Waals surface area contributed by atoms with E-state index in [2.05, 4.69) is 0 Å². The molecular weight excluding hydrogens is 638 g/mol. The van der Waals surface area contributed by atoms with E-state index >= 15 is 9.59 Å². The summed E-state index contributed by atoms with van der Waals surface area (Å²) in [5, 5.41) is 10.8. The number of ketones is 2. The van der Waals surface area contributed by atoms with Crippen LogP contribution in [-0.4, -0.2) is 35.6 Å². The summed E-state index contributed by atoms with van der Waals surface area (Å²) in [5.41, 5.74) is 2.09. The van der Waals surface area contributed by atoms with Crippen molar-refractivity contribution in [3.8, 4) is 11.5 Å². The van der Waals surface area contributed by atoms with Crippen LogP contribution in [0.2, 0.25) is 5.02 Å². The molecule has 4 aromatic rings. The quantitative estimate of drug-likeness (QED) is 0.180. The third-order valence-electron chi connectivity index (χ3n) is 11.0. The van der Waals surface area contributed by atoms with Crippen LogP contribution in [0, 0.1) is 23.7 Å². The molecule has 1 heterocycles. The number of methoxy groups -OCH3 is 1. The molecule has 0 spiro atoms. The summed E-state index contributed by atoms with van der Waals surface area (Å²) in [4.78, 5) is 59.8. The lowest BCUT2D eigenvalue weighted by Gasteiger charge is -2.55. The van der Waals surface area contributed by atoms with Crippen molar-refractivity contribution in [1.82, 2.24) is 0 Å². The molecule has 1 aliphatic heterocycles. The Morgan fingerprint density at radius 2 is 1.49 bits per heavy atom. The van der Waals surface area contributed by atoms with E-state index in [1.807, 2.05) is 72.8 Å². The highest BCUT2D eigenvalue weighted by Gasteiger charge is 2.66. The minimum atomic E-state index is -1.41. The largest absolute Gasteiger partial charge is 0.503 e. The zero-order valence-electron chi connectivity index (χ0n) is 26.6. The van der Waals surface area contributed by atoms with Gasteiger partial charge in [0.15, 0.2) is 23.1 Å². The van der Waals surface area contributed by atoms with Crippen molar-refractivity contribution in [2.75, 3.05) is 12.0 Å². The van der Waals surface area contributed by atoms with Gasteiger partial charge in [0.2, 0.25) is 11.8 Å². The first-order chi connectivity index (χ1) is 23.8. The van der Waals surface area contributed by atoms with Crippen LogP contribution in [0.15, 0.2) is 121 Å². The lowest BCUT2D eigenvalue weighted by Crippen LogP contribution is -2.58. The van der Waals surface area contributed by atoms with Gasteiger partial charge in [-0.25, -0.2) is 0 Å². The second-order valence-electron chi connectivity index (χ2n) is 13.2. The number of carbonyl (C=O) groups excluding carboxylic acids is 4. The number of halogens is 1. The van der Waals surface area contributed by atoms with Gasteiger partial charge < -0.3 is 9.84 Å². The number of amides is 2. The number of imide groups is 1. The van der Waals surface area contributed by atoms with E-state index in [9.17, 15) is 14.7 Å². The molecule has 8 rings (SSSR count). The lowest BCUT2D eigenvalue weighted by molar-refractivity contribution is -0.135. The highest BCUT2D eigenvalue weighted by molar-refractivity contribution is 6.33. The van der Waals surface area contributed by atoms with Crippen LogP contribution in [0.3, 0.4) is 0 Å². The summed E-state index contributed by atoms with van der Waals surface area (Å²) in [6.07, 6.45) is 3.96. The van der Waals surface area contributed by atoms with E-state index in [0.717, 1.165) is 5.57 Å². The minimum absolute atomic E-state index is 0.0306. The van der Waals surface area contributed by atoms with Gasteiger partial charge in [-0.05, 0) is 65.8 Å². The van der Waals surface area contributed by atoms with Crippen molar-refractivity contribution in [3.63, 3.8) is 0 Å². The summed E-state index contributed by atoms with van der Waals surface area (Å²) in [7, 11) is 1.42. The maximum absolute atomic E-state index is 15.1. The van der Waals surface area contributed by atoms with Gasteiger partial charge in [-0.2, -0.15) is 0 Å². The van der Waals surface area contributed by atoms with Gasteiger partial charge in [0.05, 0.1) is 35.1 Å². The van der Waals surface area contributed by atoms with Crippen molar-refractivity contribution >= 4 is 46.2 Å². The van der Waals surface area contributed by atoms with Gasteiger partial charge in [-0.3, -0.25) is 24.1 Å². The molecule has 1 saturated carbocycles. The van der Waals surface area contributed by atoms with Crippen LogP contribution in [0.25, 0.3) is 5.57 Å². The number of nitrogens with zero attached hydrogens (tertiary/aromatic N) is 1. The van der Waals surface area contributed by atoms with Crippen LogP contribution >= 0.6 is 11.6 Å². The van der Waals surface area contributed by atoms with Crippen molar-refractivity contribution in [2.24, 2.45) is 23.7 Å². The maximum Gasteiger partial charge on any atom is 0.238 e. The Balaban J connectivity index is 1.39. The van der Waals surface area contributed by atoms with Crippen molar-refractivity contribution in [3.05, 3.63) is 143 Å². The first-order valence-corrected chi connectivity index (χ1v) is 16.8. The van der Waals surface area contributed by atoms with E-state index in [-0.39, 0.29) is 46.3 Å². The fourth-order valence-electron chi connectivity index (χ4n) is 9.00. The number of phenolic OH excluding ortho intramolecular Hbond substituents is 1. The zero-order chi connectivity index (χ0) is 34.0. The van der Waals surface area contributed by atoms with Gasteiger partial charge in [0, 0.05) is 17.4 Å². The Morgan fingerprint density at radius 1 is 0.837 bits per heavy atom. The van der Waals surface area contributed by atoms with E-state index in [4.69, 9.17) is 16.3 Å². The lowest BCUT2D eigenvalue weighted by atomic mass is 9.44. The zero-order valence-corrected chi connectivity index (χ0v) is 27.3. The first-order valence-electron chi connectivity index (χ1n) is 16.4. The Hall–Kier alpha value is -5.27. The molecule has 2 fully saturated rings. The number of para-hydroxylation sites is 1. The Bertz CT molecular complexity index is 2090. The molecule has 244 valence electrons. The number of carbonyl (C=O) groups is 4. The molecule has 1 N–H and O–H groups in total. The molecule has 1 saturated heterocycles. The molecule has 4 aromatic carbocycles. The van der Waals surface area contributed by atoms with E-state index in [1.54, 1.807) is 36.4 Å². The average molecular weight is 670 g/mol. The number of hydrogen-bond acceptors (Lipinski definition) is 6. The van der Waals surface area contributed by atoms with Crippen LogP contribution < -0.4 is 9.64 Å². The minimum Gasteiger partial charge on any atom is -0.503 e. The van der Waals surface area contributed by atoms with Crippen LogP contribution in [0.1, 0.15) is 35.4 Å². The van der Waals surface area contributed by atoms with Crippen LogP contribution in [0.5, 0.6) is 11.5 Å². The first kappa shape index (κ1) is 31.0. The number of rotatable bonds is 5. The SMILES string of the molecule is COc1cc([C@H]2C3=CC[C@@H]4C(=O)N(c5ccccc5)C(=O)[C@@H]4[C@@H]3C[C@H]3C(=O)C(c4ccccc4)=CC(=O)[C@@]23c2ccccc2)cc(Cl)c1O. The molecule has 0 bridgehead atoms. The fourth-order valence-corrected chi connectivity index (χ4v) is 9.22. The van der Waals surface area contributed by atoms with Crippen LogP contribution in [-0.2, 0) is 24.6 Å². The summed E-state index contributed by atoms with van der Waals surface area (Å²) in [5.74, 6) is -4.66. The van der Waals surface area contributed by atoms with E-state index < -0.39 is 35.0 Å². The third-order valence-corrected chi connectivity index (χ3v) is 11.3. The molecule has 8 heteroatoms. The van der Waals surface area contributed by atoms with E-state index in [0.29, 0.717) is 34.4 Å². The highest BCUT2D eigenvalue weighted by atomic mass is 35.5. The Morgan fingerprint density at radius 3 is 2.16 bits per heavy atom. The highest BCUT2D eigenvalue weighted by Crippen LogP contribution is 2.64. The fraction of sp³-hybridized carbons (Fsp3) is 0.220. The van der Waals surface area contributed by atoms with Crippen molar-refractivity contribution in [1.29, 1.82) is 0 Å². The normalized spacial score (nSPS) is 27.6. The summed E-state index contributed by atoms with van der Waals surface area (Å²) in [6.45, 7) is 0. The van der Waals surface area contributed by atoms with Crippen molar-refractivity contribution in [2.45, 2.75) is 24.2 Å². The number of fused-ring (bicyclic) bond motifs is 4. The predicted molar refractivity (Wildman–Crippen MR) is 185 cm³/mol. The summed E-state index contributed by atoms with van der Waals surface area (Å²) < 4.78 is 5.53. The molecule has 0 aromatic heterocycles. The molecule has 0 radical (unpaired) electrons. The smallest absolute Gasteiger partial charge is 0.238 e. The number of benzene rings is 4. The van der Waals surface area contributed by atoms with Crippen molar-refractivity contribution < 1.29 is 29.0 Å². The standard InChI is InChI=1S/C41H32ClNO6/c1-49-33-20-24(19-32(42)38(33)46)36-27-17-18-28-35(40(48)43(39(28)47)26-15-9-4-10-16-26)30(27)21-31-37(45)29(23-11-5-2-6-12-23)22-34(44)41(31,36)25-13-7-3-8-14-25/h2-17,19-20,22,28,30-31,35-36,46H,18,21H2,1H3/t28-,30+,31-,35-,36-,41-/m0/s1. The number of ether oxygens (including phenoxy) is 1. The number of allylic oxidation sites excluding steroid dienone is 4. The second kappa shape index (κ2) is 11.7. The molecule has 0 unspecified atom stereocenters. The summed E-state index contributed by atoms with van der Waals surface area (Å²) in [6, 6.07) is 30.6. The molecule has 49 heavy (non-hydrogen) atoms. The molecule has 3 aliphatic carbocycles. The number of aromatic hydroxyl groups is 1. The number of phenols is 1.